The van der Waals surface area contributed by atoms with E-state index in [1.165, 1.54) is 0 Å². The molecule has 0 amide bonds. The van der Waals surface area contributed by atoms with Crippen molar-refractivity contribution in [1.29, 1.82) is 0 Å². The molecule has 0 spiro atoms. The maximum absolute atomic E-state index is 6.04. The third-order valence-electron chi connectivity index (χ3n) is 4.38. The second-order valence-corrected chi connectivity index (χ2v) is 6.63. The number of para-hydroxylation sites is 1. The van der Waals surface area contributed by atoms with Gasteiger partial charge in [0, 0.05) is 37.6 Å². The lowest BCUT2D eigenvalue weighted by Gasteiger charge is -2.13. The van der Waals surface area contributed by atoms with Gasteiger partial charge in [0.2, 0.25) is 0 Å². The van der Waals surface area contributed by atoms with Crippen LogP contribution >= 0.6 is 0 Å². The highest BCUT2D eigenvalue weighted by molar-refractivity contribution is 5.79. The summed E-state index contributed by atoms with van der Waals surface area (Å²) in [6.45, 7) is 5.70. The second kappa shape index (κ2) is 11.5. The Bertz CT molecular complexity index is 862. The van der Waals surface area contributed by atoms with Gasteiger partial charge >= 0.3 is 0 Å². The van der Waals surface area contributed by atoms with Crippen LogP contribution in [-0.2, 0) is 19.7 Å². The third-order valence-corrected chi connectivity index (χ3v) is 4.38. The molecule has 6 nitrogen and oxygen atoms in total. The smallest absolute Gasteiger partial charge is 0.191 e. The Morgan fingerprint density at radius 1 is 1.03 bits per heavy atom. The molecule has 0 aliphatic heterocycles. The standard InChI is InChI=1S/C23H29N5O/c1-2-24-23(25-14-8-16-28-17-9-15-27-28)26-18-21-12-6-7-13-22(21)29-19-20-10-4-3-5-11-20/h3-7,9-13,15,17H,2,8,14,16,18-19H2,1H3,(H2,24,25,26). The number of nitrogens with one attached hydrogen (secondary N) is 2. The Morgan fingerprint density at radius 2 is 1.86 bits per heavy atom. The highest BCUT2D eigenvalue weighted by Gasteiger charge is 2.04. The number of nitrogens with zero attached hydrogens (tertiary/aromatic N) is 3. The van der Waals surface area contributed by atoms with Crippen molar-refractivity contribution in [2.45, 2.75) is 33.0 Å². The van der Waals surface area contributed by atoms with Crippen molar-refractivity contribution in [2.75, 3.05) is 13.1 Å². The topological polar surface area (TPSA) is 63.5 Å². The maximum Gasteiger partial charge on any atom is 0.191 e. The minimum absolute atomic E-state index is 0.549. The van der Waals surface area contributed by atoms with Crippen molar-refractivity contribution in [3.05, 3.63) is 84.2 Å². The van der Waals surface area contributed by atoms with Gasteiger partial charge in [-0.2, -0.15) is 5.10 Å². The zero-order valence-electron chi connectivity index (χ0n) is 16.9. The van der Waals surface area contributed by atoms with Gasteiger partial charge in [-0.25, -0.2) is 4.99 Å². The monoisotopic (exact) mass is 391 g/mol. The summed E-state index contributed by atoms with van der Waals surface area (Å²) in [5.74, 6) is 1.68. The average Bonchev–Trinajstić information content (AvgIpc) is 3.28. The van der Waals surface area contributed by atoms with Crippen LogP contribution in [0.4, 0.5) is 0 Å². The fourth-order valence-electron chi connectivity index (χ4n) is 2.90. The minimum Gasteiger partial charge on any atom is -0.489 e. The summed E-state index contributed by atoms with van der Waals surface area (Å²) in [5.41, 5.74) is 2.22. The number of rotatable bonds is 10. The molecule has 0 saturated heterocycles. The van der Waals surface area contributed by atoms with Crippen molar-refractivity contribution >= 4 is 5.96 Å². The molecule has 3 aromatic rings. The number of guanidine groups is 1. The molecule has 1 aromatic heterocycles. The summed E-state index contributed by atoms with van der Waals surface area (Å²) in [5, 5.41) is 10.9. The van der Waals surface area contributed by atoms with Gasteiger partial charge in [0.1, 0.15) is 12.4 Å². The van der Waals surface area contributed by atoms with Gasteiger partial charge in [0.15, 0.2) is 5.96 Å². The van der Waals surface area contributed by atoms with Crippen LogP contribution in [0.5, 0.6) is 5.75 Å². The van der Waals surface area contributed by atoms with Crippen LogP contribution < -0.4 is 15.4 Å². The fraction of sp³-hybridized carbons (Fsp3) is 0.304. The molecule has 0 aliphatic rings. The maximum atomic E-state index is 6.04. The Kier molecular flexibility index (Phi) is 8.14. The normalized spacial score (nSPS) is 11.3. The molecule has 3 rings (SSSR count). The van der Waals surface area contributed by atoms with Crippen LogP contribution in [0.3, 0.4) is 0 Å². The van der Waals surface area contributed by atoms with E-state index in [9.17, 15) is 0 Å². The van der Waals surface area contributed by atoms with Crippen LogP contribution in [0, 0.1) is 0 Å². The van der Waals surface area contributed by atoms with Crippen molar-refractivity contribution < 1.29 is 4.74 Å². The van der Waals surface area contributed by atoms with E-state index in [4.69, 9.17) is 9.73 Å². The van der Waals surface area contributed by atoms with E-state index in [1.807, 2.05) is 53.3 Å². The Morgan fingerprint density at radius 3 is 2.66 bits per heavy atom. The van der Waals surface area contributed by atoms with Gasteiger partial charge in [0.05, 0.1) is 6.54 Å². The molecule has 2 aromatic carbocycles. The van der Waals surface area contributed by atoms with Gasteiger partial charge in [-0.1, -0.05) is 48.5 Å². The van der Waals surface area contributed by atoms with Crippen LogP contribution in [-0.4, -0.2) is 28.8 Å². The number of aryl methyl sites for hydroxylation is 1. The van der Waals surface area contributed by atoms with E-state index >= 15 is 0 Å². The molecular weight excluding hydrogens is 362 g/mol. The van der Waals surface area contributed by atoms with Crippen LogP contribution in [0.25, 0.3) is 0 Å². The first-order chi connectivity index (χ1) is 14.3. The quantitative estimate of drug-likeness (QED) is 0.315. The van der Waals surface area contributed by atoms with Crippen LogP contribution in [0.1, 0.15) is 24.5 Å². The molecule has 0 fully saturated rings. The molecule has 0 aliphatic carbocycles. The molecule has 0 bridgehead atoms. The van der Waals surface area contributed by atoms with Crippen LogP contribution in [0.2, 0.25) is 0 Å². The second-order valence-electron chi connectivity index (χ2n) is 6.63. The minimum atomic E-state index is 0.549. The van der Waals surface area contributed by atoms with Crippen molar-refractivity contribution in [1.82, 2.24) is 20.4 Å². The molecule has 0 saturated carbocycles. The number of ether oxygens (including phenoxy) is 1. The van der Waals surface area contributed by atoms with E-state index in [2.05, 4.69) is 40.9 Å². The third kappa shape index (κ3) is 6.99. The van der Waals surface area contributed by atoms with Gasteiger partial charge < -0.3 is 15.4 Å². The summed E-state index contributed by atoms with van der Waals surface area (Å²) in [4.78, 5) is 4.73. The van der Waals surface area contributed by atoms with E-state index in [-0.39, 0.29) is 0 Å². The van der Waals surface area contributed by atoms with Gasteiger partial charge in [-0.05, 0) is 31.0 Å². The first kappa shape index (κ1) is 20.5. The molecule has 0 atom stereocenters. The van der Waals surface area contributed by atoms with Crippen molar-refractivity contribution in [3.8, 4) is 5.75 Å². The lowest BCUT2D eigenvalue weighted by atomic mass is 10.2. The lowest BCUT2D eigenvalue weighted by molar-refractivity contribution is 0.303. The summed E-state index contributed by atoms with van der Waals surface area (Å²) in [6.07, 6.45) is 4.75. The van der Waals surface area contributed by atoms with Gasteiger partial charge in [0.25, 0.3) is 0 Å². The van der Waals surface area contributed by atoms with Gasteiger partial charge in [-0.3, -0.25) is 4.68 Å². The number of aromatic nitrogens is 2. The van der Waals surface area contributed by atoms with E-state index in [0.717, 1.165) is 48.9 Å². The molecule has 0 radical (unpaired) electrons. The number of benzene rings is 2. The van der Waals surface area contributed by atoms with E-state index in [1.54, 1.807) is 6.20 Å². The lowest BCUT2D eigenvalue weighted by Crippen LogP contribution is -2.38. The zero-order valence-corrected chi connectivity index (χ0v) is 16.9. The molecule has 0 unspecified atom stereocenters. The number of hydrogen-bond donors (Lipinski definition) is 2. The molecule has 1 heterocycles. The van der Waals surface area contributed by atoms with Crippen molar-refractivity contribution in [2.24, 2.45) is 4.99 Å². The number of hydrogen-bond acceptors (Lipinski definition) is 3. The Labute approximate surface area is 172 Å². The largest absolute Gasteiger partial charge is 0.489 e. The highest BCUT2D eigenvalue weighted by atomic mass is 16.5. The first-order valence-electron chi connectivity index (χ1n) is 10.1. The Balaban J connectivity index is 1.54. The first-order valence-corrected chi connectivity index (χ1v) is 10.1. The van der Waals surface area contributed by atoms with Crippen LogP contribution in [0.15, 0.2) is 78.0 Å². The number of aliphatic imine (C=N–C) groups is 1. The SMILES string of the molecule is CCNC(=NCc1ccccc1OCc1ccccc1)NCCCn1cccn1. The molecule has 2 N–H and O–H groups in total. The zero-order chi connectivity index (χ0) is 20.2. The Hall–Kier alpha value is -3.28. The molecule has 6 heteroatoms. The average molecular weight is 392 g/mol. The van der Waals surface area contributed by atoms with E-state index < -0.39 is 0 Å². The fourth-order valence-corrected chi connectivity index (χ4v) is 2.90. The highest BCUT2D eigenvalue weighted by Crippen LogP contribution is 2.20. The van der Waals surface area contributed by atoms with E-state index in [0.29, 0.717) is 13.2 Å². The predicted octanol–water partition coefficient (Wildman–Crippen LogP) is 3.61. The predicted molar refractivity (Wildman–Crippen MR) is 117 cm³/mol. The summed E-state index contributed by atoms with van der Waals surface area (Å²) >= 11 is 0. The van der Waals surface area contributed by atoms with Crippen molar-refractivity contribution in [3.63, 3.8) is 0 Å². The summed E-state index contributed by atoms with van der Waals surface area (Å²) in [6, 6.07) is 20.2. The van der Waals surface area contributed by atoms with Gasteiger partial charge in [-0.15, -0.1) is 0 Å². The summed E-state index contributed by atoms with van der Waals surface area (Å²) < 4.78 is 7.97. The summed E-state index contributed by atoms with van der Waals surface area (Å²) in [7, 11) is 0. The molecular formula is C23H29N5O. The molecule has 152 valence electrons. The molecule has 29 heavy (non-hydrogen) atoms.